The number of nitrogens with one attached hydrogen (secondary N) is 1. The summed E-state index contributed by atoms with van der Waals surface area (Å²) >= 11 is 11.7. The number of hydrogen-bond donors (Lipinski definition) is 2. The molecule has 0 aliphatic carbocycles. The van der Waals surface area contributed by atoms with Gasteiger partial charge in [0.05, 0.1) is 29.0 Å². The van der Waals surface area contributed by atoms with Crippen molar-refractivity contribution < 1.29 is 14.7 Å². The summed E-state index contributed by atoms with van der Waals surface area (Å²) in [5.41, 5.74) is -0.140. The smallest absolute Gasteiger partial charge is 0.337 e. The molecule has 0 unspecified atom stereocenters. The van der Waals surface area contributed by atoms with Gasteiger partial charge in [-0.3, -0.25) is 9.48 Å². The monoisotopic (exact) mass is 328 g/mol. The predicted octanol–water partition coefficient (Wildman–Crippen LogP) is 2.31. The fraction of sp³-hybridized carbons (Fsp3) is 0.167. The Balaban J connectivity index is 2.11. The van der Waals surface area contributed by atoms with Gasteiger partial charge in [0.25, 0.3) is 0 Å². The Labute approximate surface area is 129 Å². The lowest BCUT2D eigenvalue weighted by molar-refractivity contribution is -0.116. The van der Waals surface area contributed by atoms with Crippen LogP contribution in [0.4, 0.5) is 5.69 Å². The van der Waals surface area contributed by atoms with Gasteiger partial charge in [0.15, 0.2) is 0 Å². The molecule has 0 bridgehead atoms. The van der Waals surface area contributed by atoms with E-state index in [-0.39, 0.29) is 27.7 Å². The molecule has 0 radical (unpaired) electrons. The van der Waals surface area contributed by atoms with Crippen molar-refractivity contribution in [1.29, 1.82) is 0 Å². The van der Waals surface area contributed by atoms with Gasteiger partial charge in [0.2, 0.25) is 5.91 Å². The van der Waals surface area contributed by atoms with Gasteiger partial charge in [0.1, 0.15) is 0 Å². The molecular formula is C12H10Cl2N4O3. The van der Waals surface area contributed by atoms with Crippen LogP contribution in [0.2, 0.25) is 10.0 Å². The van der Waals surface area contributed by atoms with E-state index >= 15 is 0 Å². The Morgan fingerprint density at radius 3 is 2.71 bits per heavy atom. The lowest BCUT2D eigenvalue weighted by atomic mass is 10.1. The molecule has 9 heteroatoms. The summed E-state index contributed by atoms with van der Waals surface area (Å²) in [6.07, 6.45) is 3.21. The molecule has 0 spiro atoms. The zero-order valence-corrected chi connectivity index (χ0v) is 12.1. The number of carboxylic acids is 1. The highest BCUT2D eigenvalue weighted by Crippen LogP contribution is 2.30. The molecule has 2 N–H and O–H groups in total. The molecule has 0 aliphatic heterocycles. The highest BCUT2D eigenvalue weighted by atomic mass is 35.5. The van der Waals surface area contributed by atoms with Crippen LogP contribution >= 0.6 is 23.2 Å². The fourth-order valence-corrected chi connectivity index (χ4v) is 2.18. The van der Waals surface area contributed by atoms with E-state index in [2.05, 4.69) is 15.6 Å². The number of amides is 1. The molecule has 1 heterocycles. The first-order valence-electron chi connectivity index (χ1n) is 5.83. The molecule has 0 saturated heterocycles. The second kappa shape index (κ2) is 6.55. The Morgan fingerprint density at radius 2 is 2.10 bits per heavy atom. The van der Waals surface area contributed by atoms with Gasteiger partial charge in [-0.1, -0.05) is 28.4 Å². The first kappa shape index (κ1) is 15.3. The molecular weight excluding hydrogens is 319 g/mol. The van der Waals surface area contributed by atoms with Gasteiger partial charge >= 0.3 is 5.97 Å². The van der Waals surface area contributed by atoms with E-state index in [0.29, 0.717) is 6.54 Å². The van der Waals surface area contributed by atoms with Crippen molar-refractivity contribution in [3.05, 3.63) is 40.1 Å². The largest absolute Gasteiger partial charge is 0.478 e. The third-order valence-electron chi connectivity index (χ3n) is 2.59. The number of carbonyl (C=O) groups excluding carboxylic acids is 1. The molecule has 7 nitrogen and oxygen atoms in total. The number of hydrogen-bond acceptors (Lipinski definition) is 4. The number of carbonyl (C=O) groups is 2. The van der Waals surface area contributed by atoms with Gasteiger partial charge in [-0.2, -0.15) is 0 Å². The van der Waals surface area contributed by atoms with Gasteiger partial charge in [-0.25, -0.2) is 4.79 Å². The van der Waals surface area contributed by atoms with Gasteiger partial charge in [-0.15, -0.1) is 5.10 Å². The molecule has 1 amide bonds. The maximum atomic E-state index is 11.9. The van der Waals surface area contributed by atoms with Crippen molar-refractivity contribution in [1.82, 2.24) is 15.0 Å². The molecule has 1 aromatic heterocycles. The standard InChI is InChI=1S/C12H10Cl2N4O3/c13-7-5-8(12(20)21)11(9(14)6-7)16-10(19)1-3-18-4-2-15-17-18/h2,4-6H,1,3H2,(H,16,19)(H,20,21). The van der Waals surface area contributed by atoms with E-state index in [4.69, 9.17) is 28.3 Å². The minimum atomic E-state index is -1.23. The number of aryl methyl sites for hydroxylation is 1. The molecule has 1 aromatic carbocycles. The normalized spacial score (nSPS) is 10.4. The Morgan fingerprint density at radius 1 is 1.33 bits per heavy atom. The molecule has 21 heavy (non-hydrogen) atoms. The van der Waals surface area contributed by atoms with Crippen molar-refractivity contribution in [2.24, 2.45) is 0 Å². The number of aromatic nitrogens is 3. The maximum absolute atomic E-state index is 11.9. The second-order valence-electron chi connectivity index (χ2n) is 4.08. The van der Waals surface area contributed by atoms with Crippen molar-refractivity contribution in [3.63, 3.8) is 0 Å². The average molecular weight is 329 g/mol. The van der Waals surface area contributed by atoms with Crippen LogP contribution in [0, 0.1) is 0 Å². The van der Waals surface area contributed by atoms with Crippen molar-refractivity contribution in [3.8, 4) is 0 Å². The summed E-state index contributed by atoms with van der Waals surface area (Å²) in [6, 6.07) is 2.59. The van der Waals surface area contributed by atoms with Gasteiger partial charge < -0.3 is 10.4 Å². The molecule has 0 saturated carbocycles. The summed E-state index contributed by atoms with van der Waals surface area (Å²) in [5.74, 6) is -1.62. The van der Waals surface area contributed by atoms with Crippen LogP contribution in [0.5, 0.6) is 0 Å². The van der Waals surface area contributed by atoms with Crippen molar-refractivity contribution in [2.75, 3.05) is 5.32 Å². The molecule has 2 aromatic rings. The molecule has 0 atom stereocenters. The first-order chi connectivity index (χ1) is 9.97. The highest BCUT2D eigenvalue weighted by molar-refractivity contribution is 6.37. The van der Waals surface area contributed by atoms with E-state index in [1.807, 2.05) is 0 Å². The maximum Gasteiger partial charge on any atom is 0.337 e. The number of anilines is 1. The minimum Gasteiger partial charge on any atom is -0.478 e. The molecule has 0 fully saturated rings. The third kappa shape index (κ3) is 3.93. The molecule has 0 aliphatic rings. The minimum absolute atomic E-state index is 0.0251. The zero-order chi connectivity index (χ0) is 15.4. The van der Waals surface area contributed by atoms with Crippen molar-refractivity contribution in [2.45, 2.75) is 13.0 Å². The number of carboxylic acid groups (broad SMARTS) is 1. The van der Waals surface area contributed by atoms with Crippen LogP contribution < -0.4 is 5.32 Å². The summed E-state index contributed by atoms with van der Waals surface area (Å²) < 4.78 is 1.49. The van der Waals surface area contributed by atoms with Gasteiger partial charge in [-0.05, 0) is 12.1 Å². The third-order valence-corrected chi connectivity index (χ3v) is 3.11. The summed E-state index contributed by atoms with van der Waals surface area (Å²) in [5, 5.41) is 19.2. The van der Waals surface area contributed by atoms with Crippen LogP contribution in [-0.2, 0) is 11.3 Å². The lowest BCUT2D eigenvalue weighted by Gasteiger charge is -2.11. The number of rotatable bonds is 5. The summed E-state index contributed by atoms with van der Waals surface area (Å²) in [7, 11) is 0. The number of benzene rings is 1. The van der Waals surface area contributed by atoms with E-state index in [1.54, 1.807) is 6.20 Å². The Bertz CT molecular complexity index is 673. The van der Waals surface area contributed by atoms with E-state index < -0.39 is 11.9 Å². The zero-order valence-electron chi connectivity index (χ0n) is 10.6. The highest BCUT2D eigenvalue weighted by Gasteiger charge is 2.17. The predicted molar refractivity (Wildman–Crippen MR) is 76.7 cm³/mol. The van der Waals surface area contributed by atoms with Crippen LogP contribution in [-0.4, -0.2) is 32.0 Å². The van der Waals surface area contributed by atoms with E-state index in [9.17, 15) is 9.59 Å². The van der Waals surface area contributed by atoms with Crippen LogP contribution in [0.3, 0.4) is 0 Å². The number of halogens is 2. The fourth-order valence-electron chi connectivity index (χ4n) is 1.64. The van der Waals surface area contributed by atoms with E-state index in [0.717, 1.165) is 0 Å². The molecule has 2 rings (SSSR count). The quantitative estimate of drug-likeness (QED) is 0.877. The lowest BCUT2D eigenvalue weighted by Crippen LogP contribution is -2.17. The van der Waals surface area contributed by atoms with Gasteiger partial charge in [0, 0.05) is 17.6 Å². The Hall–Kier alpha value is -2.12. The topological polar surface area (TPSA) is 97.1 Å². The second-order valence-corrected chi connectivity index (χ2v) is 4.92. The van der Waals surface area contributed by atoms with Crippen molar-refractivity contribution >= 4 is 40.8 Å². The van der Waals surface area contributed by atoms with Crippen LogP contribution in [0.1, 0.15) is 16.8 Å². The molecule has 110 valence electrons. The first-order valence-corrected chi connectivity index (χ1v) is 6.59. The van der Waals surface area contributed by atoms with E-state index in [1.165, 1.54) is 23.0 Å². The number of aromatic carboxylic acids is 1. The summed E-state index contributed by atoms with van der Waals surface area (Å²) in [6.45, 7) is 0.319. The SMILES string of the molecule is O=C(CCn1ccnn1)Nc1c(Cl)cc(Cl)cc1C(=O)O. The Kier molecular flexibility index (Phi) is 4.77. The van der Waals surface area contributed by atoms with Crippen LogP contribution in [0.25, 0.3) is 0 Å². The average Bonchev–Trinajstić information content (AvgIpc) is 2.92. The van der Waals surface area contributed by atoms with Crippen LogP contribution in [0.15, 0.2) is 24.5 Å². The number of nitrogens with zero attached hydrogens (tertiary/aromatic N) is 3. The summed E-state index contributed by atoms with van der Waals surface area (Å²) in [4.78, 5) is 23.0.